The smallest absolute Gasteiger partial charge is 0.136 e. The minimum absolute atomic E-state index is 0.268. The molecule has 3 N–H and O–H groups in total. The lowest BCUT2D eigenvalue weighted by atomic mass is 9.92. The van der Waals surface area contributed by atoms with Gasteiger partial charge in [-0.2, -0.15) is 5.10 Å². The van der Waals surface area contributed by atoms with Gasteiger partial charge in [0.1, 0.15) is 12.5 Å². The third-order valence-corrected chi connectivity index (χ3v) is 4.56. The van der Waals surface area contributed by atoms with Crippen molar-refractivity contribution in [1.82, 2.24) is 5.43 Å². The Kier molecular flexibility index (Phi) is 3.86. The Morgan fingerprint density at radius 2 is 2.12 bits per heavy atom. The van der Waals surface area contributed by atoms with Crippen LogP contribution in [0.3, 0.4) is 0 Å². The van der Waals surface area contributed by atoms with Crippen molar-refractivity contribution >= 4 is 35.0 Å². The maximum atomic E-state index is 6.08. The molecule has 0 aromatic heterocycles. The van der Waals surface area contributed by atoms with E-state index in [0.29, 0.717) is 17.7 Å². The lowest BCUT2D eigenvalue weighted by molar-refractivity contribution is 0.590. The van der Waals surface area contributed by atoms with Crippen LogP contribution in [0.2, 0.25) is 5.02 Å². The molecule has 0 bridgehead atoms. The number of aliphatic imine (C=N–C) groups is 1. The highest BCUT2D eigenvalue weighted by molar-refractivity contribution is 6.31. The van der Waals surface area contributed by atoms with Crippen LogP contribution in [0.15, 0.2) is 52.6 Å². The molecule has 6 heteroatoms. The average Bonchev–Trinajstić information content (AvgIpc) is 3.01. The Hall–Kier alpha value is -2.53. The van der Waals surface area contributed by atoms with Gasteiger partial charge in [-0.05, 0) is 42.8 Å². The summed E-state index contributed by atoms with van der Waals surface area (Å²) in [4.78, 5) is 4.58. The van der Waals surface area contributed by atoms with E-state index in [1.165, 1.54) is 5.56 Å². The second-order valence-electron chi connectivity index (χ2n) is 6.00. The largest absolute Gasteiger partial charge is 0.366 e. The van der Waals surface area contributed by atoms with Gasteiger partial charge < -0.3 is 16.1 Å². The molecule has 122 valence electrons. The van der Waals surface area contributed by atoms with E-state index >= 15 is 0 Å². The minimum Gasteiger partial charge on any atom is -0.366 e. The number of hydrogen-bond donors (Lipinski definition) is 3. The minimum atomic E-state index is 0.268. The summed E-state index contributed by atoms with van der Waals surface area (Å²) in [5.41, 5.74) is 7.39. The van der Waals surface area contributed by atoms with Crippen molar-refractivity contribution in [3.05, 3.63) is 58.6 Å². The molecule has 0 aliphatic carbocycles. The van der Waals surface area contributed by atoms with Gasteiger partial charge in [-0.25, -0.2) is 4.99 Å². The summed E-state index contributed by atoms with van der Waals surface area (Å²) in [5.74, 6) is 1.12. The summed E-state index contributed by atoms with van der Waals surface area (Å²) in [7, 11) is 0. The molecule has 24 heavy (non-hydrogen) atoms. The van der Waals surface area contributed by atoms with Crippen molar-refractivity contribution < 1.29 is 0 Å². The number of rotatable bonds is 2. The topological polar surface area (TPSA) is 60.8 Å². The highest BCUT2D eigenvalue weighted by Crippen LogP contribution is 2.28. The van der Waals surface area contributed by atoms with Crippen LogP contribution in [0.4, 0.5) is 11.4 Å². The summed E-state index contributed by atoms with van der Waals surface area (Å²) in [6, 6.07) is 14.4. The monoisotopic (exact) mass is 339 g/mol. The molecule has 0 spiro atoms. The predicted octanol–water partition coefficient (Wildman–Crippen LogP) is 3.64. The molecule has 2 aliphatic rings. The van der Waals surface area contributed by atoms with Gasteiger partial charge in [0, 0.05) is 34.1 Å². The van der Waals surface area contributed by atoms with Crippen LogP contribution in [0.25, 0.3) is 0 Å². The summed E-state index contributed by atoms with van der Waals surface area (Å²) >= 11 is 6.08. The zero-order valence-electron chi connectivity index (χ0n) is 13.3. The fourth-order valence-corrected chi connectivity index (χ4v) is 3.23. The van der Waals surface area contributed by atoms with Crippen LogP contribution in [-0.4, -0.2) is 24.8 Å². The maximum absolute atomic E-state index is 6.08. The first-order valence-electron chi connectivity index (χ1n) is 7.94. The second kappa shape index (κ2) is 6.17. The fraction of sp³-hybridized carbons (Fsp3) is 0.222. The maximum Gasteiger partial charge on any atom is 0.136 e. The Labute approximate surface area is 145 Å². The fourth-order valence-electron chi connectivity index (χ4n) is 3.04. The van der Waals surface area contributed by atoms with Gasteiger partial charge in [-0.15, -0.1) is 0 Å². The molecule has 0 saturated carbocycles. The first kappa shape index (κ1) is 15.0. The van der Waals surface area contributed by atoms with Crippen LogP contribution in [-0.2, 0) is 0 Å². The van der Waals surface area contributed by atoms with E-state index in [1.807, 2.05) is 30.5 Å². The van der Waals surface area contributed by atoms with Gasteiger partial charge in [-0.3, -0.25) is 0 Å². The zero-order valence-corrected chi connectivity index (χ0v) is 14.0. The summed E-state index contributed by atoms with van der Waals surface area (Å²) < 4.78 is 0. The van der Waals surface area contributed by atoms with Gasteiger partial charge in [0.2, 0.25) is 0 Å². The number of hydrogen-bond acceptors (Lipinski definition) is 5. The number of nitrogens with zero attached hydrogens (tertiary/aromatic N) is 2. The van der Waals surface area contributed by atoms with Crippen LogP contribution in [0.5, 0.6) is 0 Å². The van der Waals surface area contributed by atoms with E-state index in [9.17, 15) is 0 Å². The van der Waals surface area contributed by atoms with Gasteiger partial charge in [0.15, 0.2) is 0 Å². The Morgan fingerprint density at radius 1 is 1.21 bits per heavy atom. The first-order chi connectivity index (χ1) is 11.7. The highest BCUT2D eigenvalue weighted by atomic mass is 35.5. The molecule has 0 amide bonds. The van der Waals surface area contributed by atoms with Crippen molar-refractivity contribution in [2.75, 3.05) is 17.3 Å². The molecule has 0 saturated heterocycles. The predicted molar refractivity (Wildman–Crippen MR) is 100 cm³/mol. The normalized spacial score (nSPS) is 21.5. The van der Waals surface area contributed by atoms with Gasteiger partial charge >= 0.3 is 0 Å². The van der Waals surface area contributed by atoms with E-state index in [-0.39, 0.29) is 5.92 Å². The third kappa shape index (κ3) is 2.83. The Balaban J connectivity index is 1.67. The number of hydrazone groups is 1. The molecule has 2 atom stereocenters. The molecule has 2 aromatic carbocycles. The standard InChI is InChI=1S/C18H18ClN5/c1-11-16(9-22-24-11)12-5-6-17-15(7-12)18(21-10-20-17)23-14-4-2-3-13(19)8-14/h2-9,11,16,20,24H,10H2,1H3,(H,21,23). The molecule has 5 nitrogen and oxygen atoms in total. The zero-order chi connectivity index (χ0) is 16.5. The average molecular weight is 340 g/mol. The van der Waals surface area contributed by atoms with Crippen molar-refractivity contribution in [3.63, 3.8) is 0 Å². The number of amidine groups is 1. The highest BCUT2D eigenvalue weighted by Gasteiger charge is 2.23. The summed E-state index contributed by atoms with van der Waals surface area (Å²) in [5, 5.41) is 11.6. The van der Waals surface area contributed by atoms with E-state index in [4.69, 9.17) is 11.6 Å². The van der Waals surface area contributed by atoms with Crippen LogP contribution in [0, 0.1) is 0 Å². The SMILES string of the molecule is CC1NN=CC1c1ccc2c(c1)C(Nc1cccc(Cl)c1)=NCN2. The molecule has 4 rings (SSSR count). The van der Waals surface area contributed by atoms with Crippen molar-refractivity contribution in [1.29, 1.82) is 0 Å². The van der Waals surface area contributed by atoms with Gasteiger partial charge in [0.05, 0.1) is 6.04 Å². The number of nitrogens with one attached hydrogen (secondary N) is 3. The van der Waals surface area contributed by atoms with Gasteiger partial charge in [-0.1, -0.05) is 23.7 Å². The molecular weight excluding hydrogens is 322 g/mol. The van der Waals surface area contributed by atoms with Crippen LogP contribution >= 0.6 is 11.6 Å². The number of fused-ring (bicyclic) bond motifs is 1. The van der Waals surface area contributed by atoms with Crippen molar-refractivity contribution in [3.8, 4) is 0 Å². The molecule has 2 aliphatic heterocycles. The number of benzene rings is 2. The number of anilines is 2. The van der Waals surface area contributed by atoms with Crippen LogP contribution in [0.1, 0.15) is 24.0 Å². The van der Waals surface area contributed by atoms with Gasteiger partial charge in [0.25, 0.3) is 0 Å². The molecule has 2 heterocycles. The summed E-state index contributed by atoms with van der Waals surface area (Å²) in [6.07, 6.45) is 1.96. The first-order valence-corrected chi connectivity index (χ1v) is 8.32. The number of halogens is 1. The van der Waals surface area contributed by atoms with Crippen molar-refractivity contribution in [2.24, 2.45) is 10.1 Å². The molecule has 0 radical (unpaired) electrons. The molecular formula is C18H18ClN5. The van der Waals surface area contributed by atoms with Crippen LogP contribution < -0.4 is 16.1 Å². The Morgan fingerprint density at radius 3 is 2.92 bits per heavy atom. The molecule has 2 unspecified atom stereocenters. The van der Waals surface area contributed by atoms with E-state index < -0.39 is 0 Å². The second-order valence-corrected chi connectivity index (χ2v) is 6.44. The third-order valence-electron chi connectivity index (χ3n) is 4.33. The quantitative estimate of drug-likeness (QED) is 0.782. The van der Waals surface area contributed by atoms with E-state index in [2.05, 4.69) is 51.3 Å². The molecule has 0 fully saturated rings. The van der Waals surface area contributed by atoms with E-state index in [0.717, 1.165) is 22.8 Å². The van der Waals surface area contributed by atoms with E-state index in [1.54, 1.807) is 0 Å². The molecule has 2 aromatic rings. The Bertz CT molecular complexity index is 830. The lowest BCUT2D eigenvalue weighted by Gasteiger charge is -2.22. The summed E-state index contributed by atoms with van der Waals surface area (Å²) in [6.45, 7) is 2.69. The lowest BCUT2D eigenvalue weighted by Crippen LogP contribution is -2.25. The van der Waals surface area contributed by atoms with Crippen molar-refractivity contribution in [2.45, 2.75) is 18.9 Å².